The van der Waals surface area contributed by atoms with Crippen molar-refractivity contribution in [3.63, 3.8) is 0 Å². The first kappa shape index (κ1) is 28.3. The molecule has 2 aromatic carbocycles. The third-order valence-electron chi connectivity index (χ3n) is 4.99. The van der Waals surface area contributed by atoms with E-state index < -0.39 is 46.8 Å². The van der Waals surface area contributed by atoms with Gasteiger partial charge in [0, 0.05) is 12.0 Å². The van der Waals surface area contributed by atoms with Gasteiger partial charge in [0.15, 0.2) is 18.2 Å². The number of ether oxygens (including phenoxy) is 2. The summed E-state index contributed by atoms with van der Waals surface area (Å²) in [7, 11) is 0.985. The number of esters is 1. The highest BCUT2D eigenvalue weighted by atomic mass is 35.5. The van der Waals surface area contributed by atoms with Crippen LogP contribution in [0.4, 0.5) is 29.2 Å². The number of aromatic nitrogens is 2. The van der Waals surface area contributed by atoms with Crippen molar-refractivity contribution < 1.29 is 36.6 Å². The van der Waals surface area contributed by atoms with E-state index in [2.05, 4.69) is 30.1 Å². The summed E-state index contributed by atoms with van der Waals surface area (Å²) in [4.78, 5) is 31.0. The minimum atomic E-state index is -4.78. The highest BCUT2D eigenvalue weighted by molar-refractivity contribution is 6.39. The number of aromatic amines is 1. The number of hydrogen-bond acceptors (Lipinski definition) is 6. The summed E-state index contributed by atoms with van der Waals surface area (Å²) in [5, 5.41) is 5.89. The molecular formula is C23H22Cl2F4N4O4. The van der Waals surface area contributed by atoms with Gasteiger partial charge in [-0.3, -0.25) is 4.79 Å². The van der Waals surface area contributed by atoms with E-state index in [9.17, 15) is 22.8 Å². The Kier molecular flexibility index (Phi) is 8.13. The van der Waals surface area contributed by atoms with Crippen LogP contribution >= 0.6 is 23.2 Å². The third kappa shape index (κ3) is 6.55. The van der Waals surface area contributed by atoms with Crippen molar-refractivity contribution in [3.8, 4) is 5.75 Å². The van der Waals surface area contributed by atoms with Gasteiger partial charge >= 0.3 is 12.1 Å². The molecule has 14 heteroatoms. The van der Waals surface area contributed by atoms with E-state index >= 15 is 4.39 Å². The molecule has 0 atom stereocenters. The average Bonchev–Trinajstić information content (AvgIpc) is 3.21. The van der Waals surface area contributed by atoms with Crippen LogP contribution in [0.2, 0.25) is 10.0 Å². The molecule has 1 heterocycles. The smallest absolute Gasteiger partial charge is 0.422 e. The maximum absolute atomic E-state index is 15.1. The molecule has 0 bridgehead atoms. The van der Waals surface area contributed by atoms with Crippen LogP contribution in [0.3, 0.4) is 0 Å². The molecule has 1 aromatic heterocycles. The molecular weight excluding hydrogens is 543 g/mol. The van der Waals surface area contributed by atoms with Gasteiger partial charge in [0.05, 0.1) is 28.4 Å². The molecule has 8 nitrogen and oxygen atoms in total. The number of rotatable bonds is 7. The second kappa shape index (κ2) is 10.6. The van der Waals surface area contributed by atoms with E-state index in [1.165, 1.54) is 6.07 Å². The number of amides is 1. The topological polar surface area (TPSA) is 105 Å². The maximum Gasteiger partial charge on any atom is 0.422 e. The van der Waals surface area contributed by atoms with Crippen molar-refractivity contribution in [2.45, 2.75) is 33.5 Å². The van der Waals surface area contributed by atoms with Crippen LogP contribution in [-0.2, 0) is 16.1 Å². The van der Waals surface area contributed by atoms with E-state index in [0.717, 1.165) is 13.2 Å². The molecule has 200 valence electrons. The number of carbonyl (C=O) groups excluding carboxylic acids is 2. The summed E-state index contributed by atoms with van der Waals surface area (Å²) in [6.07, 6.45) is -4.78. The second-order valence-electron chi connectivity index (χ2n) is 8.90. The number of methoxy groups -OCH3 is 1. The largest absolute Gasteiger partial charge is 0.480 e. The quantitative estimate of drug-likeness (QED) is 0.235. The monoisotopic (exact) mass is 564 g/mol. The van der Waals surface area contributed by atoms with Crippen molar-refractivity contribution in [2.75, 3.05) is 19.0 Å². The molecule has 0 saturated carbocycles. The Morgan fingerprint density at radius 1 is 1.16 bits per heavy atom. The number of benzene rings is 2. The van der Waals surface area contributed by atoms with Crippen molar-refractivity contribution in [3.05, 3.63) is 45.2 Å². The van der Waals surface area contributed by atoms with E-state index in [0.29, 0.717) is 5.56 Å². The normalized spacial score (nSPS) is 11.9. The van der Waals surface area contributed by atoms with Gasteiger partial charge in [0.2, 0.25) is 11.9 Å². The first-order chi connectivity index (χ1) is 17.1. The Balaban J connectivity index is 1.98. The number of imidazole rings is 1. The first-order valence-electron chi connectivity index (χ1n) is 10.6. The third-order valence-corrected chi connectivity index (χ3v) is 5.74. The van der Waals surface area contributed by atoms with E-state index in [1.807, 2.05) is 0 Å². The standard InChI is InChI=1S/C23H22Cl2F4N4O4/c1-22(2,3)20(35)30-8-10-5-6-12(24)16(14(10)25)32-21-31-13-7-11(19(34)36-4)18(15(26)17(13)33-21)37-9-23(27,28)29/h5-7H,8-9H2,1-4H3,(H,30,35)(H2,31,32,33). The number of hydrogen-bond donors (Lipinski definition) is 3. The minimum absolute atomic E-state index is 0.0411. The van der Waals surface area contributed by atoms with Gasteiger partial charge in [0.1, 0.15) is 11.1 Å². The molecule has 0 saturated heterocycles. The lowest BCUT2D eigenvalue weighted by atomic mass is 9.95. The molecule has 3 N–H and O–H groups in total. The lowest BCUT2D eigenvalue weighted by molar-refractivity contribution is -0.153. The fraction of sp³-hybridized carbons (Fsp3) is 0.348. The van der Waals surface area contributed by atoms with Gasteiger partial charge in [0.25, 0.3) is 0 Å². The Bertz CT molecular complexity index is 1350. The van der Waals surface area contributed by atoms with Crippen molar-refractivity contribution >= 4 is 57.7 Å². The van der Waals surface area contributed by atoms with Crippen LogP contribution in [0.1, 0.15) is 36.7 Å². The Morgan fingerprint density at radius 2 is 1.84 bits per heavy atom. The summed E-state index contributed by atoms with van der Waals surface area (Å²) in [6, 6.07) is 4.19. The van der Waals surface area contributed by atoms with Crippen molar-refractivity contribution in [1.29, 1.82) is 0 Å². The summed E-state index contributed by atoms with van der Waals surface area (Å²) in [5.41, 5.74) is -0.950. The fourth-order valence-electron chi connectivity index (χ4n) is 3.12. The van der Waals surface area contributed by atoms with Crippen LogP contribution in [0.5, 0.6) is 5.75 Å². The molecule has 0 aliphatic heterocycles. The van der Waals surface area contributed by atoms with Crippen LogP contribution in [0.25, 0.3) is 11.0 Å². The predicted molar refractivity (Wildman–Crippen MR) is 130 cm³/mol. The fourth-order valence-corrected chi connectivity index (χ4v) is 3.65. The molecule has 1 amide bonds. The van der Waals surface area contributed by atoms with Gasteiger partial charge in [-0.1, -0.05) is 50.0 Å². The zero-order valence-corrected chi connectivity index (χ0v) is 21.5. The molecule has 0 fully saturated rings. The molecule has 0 unspecified atom stereocenters. The summed E-state index contributed by atoms with van der Waals surface area (Å²) in [6.45, 7) is 3.52. The first-order valence-corrected chi connectivity index (χ1v) is 11.4. The summed E-state index contributed by atoms with van der Waals surface area (Å²) in [5.74, 6) is -3.66. The van der Waals surface area contributed by atoms with Crippen LogP contribution in [0.15, 0.2) is 18.2 Å². The molecule has 37 heavy (non-hydrogen) atoms. The van der Waals surface area contributed by atoms with Gasteiger partial charge in [-0.2, -0.15) is 13.2 Å². The molecule has 3 aromatic rings. The summed E-state index contributed by atoms with van der Waals surface area (Å²) >= 11 is 12.8. The van der Waals surface area contributed by atoms with Gasteiger partial charge in [-0.25, -0.2) is 14.2 Å². The van der Waals surface area contributed by atoms with E-state index in [1.54, 1.807) is 26.8 Å². The maximum atomic E-state index is 15.1. The average molecular weight is 565 g/mol. The minimum Gasteiger partial charge on any atom is -0.480 e. The van der Waals surface area contributed by atoms with Crippen molar-refractivity contribution in [1.82, 2.24) is 15.3 Å². The highest BCUT2D eigenvalue weighted by Crippen LogP contribution is 2.37. The highest BCUT2D eigenvalue weighted by Gasteiger charge is 2.32. The van der Waals surface area contributed by atoms with E-state index in [4.69, 9.17) is 23.2 Å². The Morgan fingerprint density at radius 3 is 2.43 bits per heavy atom. The Hall–Kier alpha value is -3.25. The predicted octanol–water partition coefficient (Wildman–Crippen LogP) is 6.14. The number of fused-ring (bicyclic) bond motifs is 1. The number of alkyl halides is 3. The number of nitrogens with one attached hydrogen (secondary N) is 3. The molecule has 0 aliphatic rings. The van der Waals surface area contributed by atoms with Crippen LogP contribution in [-0.4, -0.2) is 41.7 Å². The van der Waals surface area contributed by atoms with Crippen LogP contribution in [0, 0.1) is 11.2 Å². The second-order valence-corrected chi connectivity index (χ2v) is 9.68. The SMILES string of the molecule is COC(=O)c1cc2[nH]c(Nc3c(Cl)ccc(CNC(=O)C(C)(C)C)c3Cl)nc2c(F)c1OCC(F)(F)F. The molecule has 0 aliphatic carbocycles. The van der Waals surface area contributed by atoms with Gasteiger partial charge < -0.3 is 25.1 Å². The number of carbonyl (C=O) groups is 2. The summed E-state index contributed by atoms with van der Waals surface area (Å²) < 4.78 is 62.3. The Labute approximate surface area is 218 Å². The van der Waals surface area contributed by atoms with Crippen LogP contribution < -0.4 is 15.4 Å². The van der Waals surface area contributed by atoms with Crippen molar-refractivity contribution in [2.24, 2.45) is 5.41 Å². The number of anilines is 2. The van der Waals surface area contributed by atoms with Gasteiger partial charge in [-0.05, 0) is 17.7 Å². The number of H-pyrrole nitrogens is 1. The number of halogens is 6. The lowest BCUT2D eigenvalue weighted by Crippen LogP contribution is -2.34. The van der Waals surface area contributed by atoms with E-state index in [-0.39, 0.29) is 39.6 Å². The molecule has 0 spiro atoms. The zero-order valence-electron chi connectivity index (χ0n) is 20.0. The van der Waals surface area contributed by atoms with Gasteiger partial charge in [-0.15, -0.1) is 0 Å². The molecule has 0 radical (unpaired) electrons. The zero-order chi connectivity index (χ0) is 27.7. The lowest BCUT2D eigenvalue weighted by Gasteiger charge is -2.19. The number of nitrogens with zero attached hydrogens (tertiary/aromatic N) is 1. The molecule has 3 rings (SSSR count).